The van der Waals surface area contributed by atoms with Gasteiger partial charge in [-0.2, -0.15) is 0 Å². The number of aryl methyl sites for hydroxylation is 1. The van der Waals surface area contributed by atoms with Crippen molar-refractivity contribution in [1.82, 2.24) is 0 Å². The lowest BCUT2D eigenvalue weighted by Gasteiger charge is -2.13. The highest BCUT2D eigenvalue weighted by atomic mass is 16.5. The molecule has 0 bridgehead atoms. The summed E-state index contributed by atoms with van der Waals surface area (Å²) in [6, 6.07) is 2.00. The zero-order chi connectivity index (χ0) is 14.6. The van der Waals surface area contributed by atoms with Crippen LogP contribution in [0.5, 0.6) is 5.75 Å². The van der Waals surface area contributed by atoms with Crippen molar-refractivity contribution in [1.29, 1.82) is 0 Å². The predicted molar refractivity (Wildman–Crippen MR) is 77.6 cm³/mol. The van der Waals surface area contributed by atoms with E-state index >= 15 is 0 Å². The molecular formula is C16H20O3. The molecular weight excluding hydrogens is 240 g/mol. The van der Waals surface area contributed by atoms with Gasteiger partial charge in [-0.3, -0.25) is 0 Å². The summed E-state index contributed by atoms with van der Waals surface area (Å²) in [6.07, 6.45) is 4.96. The summed E-state index contributed by atoms with van der Waals surface area (Å²) in [5.41, 5.74) is 5.18. The van der Waals surface area contributed by atoms with Gasteiger partial charge >= 0.3 is 5.97 Å². The average molecular weight is 260 g/mol. The van der Waals surface area contributed by atoms with Gasteiger partial charge in [-0.15, -0.1) is 0 Å². The second-order valence-corrected chi connectivity index (χ2v) is 4.62. The third-order valence-corrected chi connectivity index (χ3v) is 3.19. The number of aliphatic carboxylic acids is 1. The van der Waals surface area contributed by atoms with Crippen LogP contribution in [0.4, 0.5) is 0 Å². The summed E-state index contributed by atoms with van der Waals surface area (Å²) in [6.45, 7) is 7.85. The van der Waals surface area contributed by atoms with Crippen molar-refractivity contribution in [3.8, 4) is 5.75 Å². The van der Waals surface area contributed by atoms with Crippen LogP contribution >= 0.6 is 0 Å². The number of carbonyl (C=O) groups is 1. The SMILES string of the molecule is COc1cc(C)c(C=CC(C)=CC(=O)O)c(C)c1C. The molecule has 0 saturated carbocycles. The molecule has 0 heterocycles. The van der Waals surface area contributed by atoms with Crippen molar-refractivity contribution in [2.45, 2.75) is 27.7 Å². The van der Waals surface area contributed by atoms with Gasteiger partial charge in [0.25, 0.3) is 0 Å². The first kappa shape index (κ1) is 15.0. The maximum absolute atomic E-state index is 10.6. The normalized spacial score (nSPS) is 11.9. The molecule has 0 aromatic heterocycles. The molecule has 3 nitrogen and oxygen atoms in total. The van der Waals surface area contributed by atoms with Gasteiger partial charge in [0.05, 0.1) is 7.11 Å². The lowest BCUT2D eigenvalue weighted by Crippen LogP contribution is -1.96. The molecule has 102 valence electrons. The molecule has 1 N–H and O–H groups in total. The van der Waals surface area contributed by atoms with Crippen LogP contribution in [0.2, 0.25) is 0 Å². The fourth-order valence-electron chi connectivity index (χ4n) is 1.99. The van der Waals surface area contributed by atoms with Crippen LogP contribution in [0.15, 0.2) is 23.8 Å². The number of ether oxygens (including phenoxy) is 1. The molecule has 0 atom stereocenters. The van der Waals surface area contributed by atoms with E-state index in [0.717, 1.165) is 28.0 Å². The summed E-state index contributed by atoms with van der Waals surface area (Å²) < 4.78 is 5.33. The number of hydrogen-bond donors (Lipinski definition) is 1. The number of allylic oxidation sites excluding steroid dienone is 2. The molecule has 3 heteroatoms. The Balaban J connectivity index is 3.19. The topological polar surface area (TPSA) is 46.5 Å². The first-order valence-corrected chi connectivity index (χ1v) is 6.11. The van der Waals surface area contributed by atoms with Crippen LogP contribution in [0, 0.1) is 20.8 Å². The molecule has 0 aliphatic rings. The standard InChI is InChI=1S/C16H20O3/c1-10(8-16(17)18)6-7-14-11(2)9-15(19-5)13(4)12(14)3/h6-9H,1-5H3,(H,17,18). The zero-order valence-electron chi connectivity index (χ0n) is 12.1. The van der Waals surface area contributed by atoms with Crippen LogP contribution < -0.4 is 4.74 Å². The fourth-order valence-corrected chi connectivity index (χ4v) is 1.99. The Morgan fingerprint density at radius 2 is 1.89 bits per heavy atom. The molecule has 1 aromatic rings. The van der Waals surface area contributed by atoms with Crippen LogP contribution in [0.3, 0.4) is 0 Å². The van der Waals surface area contributed by atoms with Gasteiger partial charge in [-0.05, 0) is 61.6 Å². The summed E-state index contributed by atoms with van der Waals surface area (Å²) in [7, 11) is 1.66. The van der Waals surface area contributed by atoms with Crippen molar-refractivity contribution in [2.75, 3.05) is 7.11 Å². The minimum atomic E-state index is -0.929. The summed E-state index contributed by atoms with van der Waals surface area (Å²) in [5, 5.41) is 8.68. The van der Waals surface area contributed by atoms with Crippen LogP contribution in [-0.2, 0) is 4.79 Å². The van der Waals surface area contributed by atoms with Crippen molar-refractivity contribution in [2.24, 2.45) is 0 Å². The van der Waals surface area contributed by atoms with Crippen LogP contribution in [0.25, 0.3) is 6.08 Å². The largest absolute Gasteiger partial charge is 0.496 e. The van der Waals surface area contributed by atoms with E-state index in [-0.39, 0.29) is 0 Å². The number of carboxylic acids is 1. The molecule has 0 aliphatic carbocycles. The van der Waals surface area contributed by atoms with Gasteiger partial charge in [0.1, 0.15) is 5.75 Å². The second kappa shape index (κ2) is 6.23. The van der Waals surface area contributed by atoms with E-state index in [4.69, 9.17) is 9.84 Å². The summed E-state index contributed by atoms with van der Waals surface area (Å²) in [5.74, 6) is -0.0496. The molecule has 0 saturated heterocycles. The number of rotatable bonds is 4. The predicted octanol–water partition coefficient (Wildman–Crippen LogP) is 3.66. The third-order valence-electron chi connectivity index (χ3n) is 3.19. The smallest absolute Gasteiger partial charge is 0.328 e. The van der Waals surface area contributed by atoms with E-state index in [1.165, 1.54) is 6.08 Å². The van der Waals surface area contributed by atoms with Crippen LogP contribution in [0.1, 0.15) is 29.2 Å². The van der Waals surface area contributed by atoms with E-state index in [9.17, 15) is 4.79 Å². The summed E-state index contributed by atoms with van der Waals surface area (Å²) >= 11 is 0. The van der Waals surface area contributed by atoms with E-state index < -0.39 is 5.97 Å². The van der Waals surface area contributed by atoms with Gasteiger partial charge < -0.3 is 9.84 Å². The number of hydrogen-bond acceptors (Lipinski definition) is 2. The Kier molecular flexibility index (Phi) is 4.93. The van der Waals surface area contributed by atoms with E-state index in [1.807, 2.05) is 39.0 Å². The minimum Gasteiger partial charge on any atom is -0.496 e. The number of methoxy groups -OCH3 is 1. The number of benzene rings is 1. The van der Waals surface area contributed by atoms with Crippen molar-refractivity contribution >= 4 is 12.0 Å². The highest BCUT2D eigenvalue weighted by Crippen LogP contribution is 2.28. The summed E-state index contributed by atoms with van der Waals surface area (Å²) in [4.78, 5) is 10.6. The van der Waals surface area contributed by atoms with Gasteiger partial charge in [0.2, 0.25) is 0 Å². The van der Waals surface area contributed by atoms with Gasteiger partial charge in [-0.25, -0.2) is 4.79 Å². The number of carboxylic acid groups (broad SMARTS) is 1. The molecule has 0 aliphatic heterocycles. The van der Waals surface area contributed by atoms with Gasteiger partial charge in [-0.1, -0.05) is 12.2 Å². The molecule has 1 aromatic carbocycles. The highest BCUT2D eigenvalue weighted by molar-refractivity contribution is 5.81. The molecule has 0 fully saturated rings. The second-order valence-electron chi connectivity index (χ2n) is 4.62. The first-order chi connectivity index (χ1) is 8.86. The zero-order valence-corrected chi connectivity index (χ0v) is 12.1. The van der Waals surface area contributed by atoms with Crippen LogP contribution in [-0.4, -0.2) is 18.2 Å². The average Bonchev–Trinajstić information content (AvgIpc) is 2.32. The van der Waals surface area contributed by atoms with Gasteiger partial charge in [0.15, 0.2) is 0 Å². The monoisotopic (exact) mass is 260 g/mol. The fraction of sp³-hybridized carbons (Fsp3) is 0.312. The van der Waals surface area contributed by atoms with E-state index in [0.29, 0.717) is 5.57 Å². The Labute approximate surface area is 114 Å². The molecule has 19 heavy (non-hydrogen) atoms. The minimum absolute atomic E-state index is 0.708. The Morgan fingerprint density at radius 1 is 1.26 bits per heavy atom. The molecule has 0 amide bonds. The third kappa shape index (κ3) is 3.71. The Hall–Kier alpha value is -2.03. The maximum atomic E-state index is 10.6. The molecule has 0 unspecified atom stereocenters. The lowest BCUT2D eigenvalue weighted by molar-refractivity contribution is -0.131. The van der Waals surface area contributed by atoms with Gasteiger partial charge in [0, 0.05) is 6.08 Å². The van der Waals surface area contributed by atoms with Crippen molar-refractivity contribution in [3.63, 3.8) is 0 Å². The van der Waals surface area contributed by atoms with E-state index in [2.05, 4.69) is 0 Å². The highest BCUT2D eigenvalue weighted by Gasteiger charge is 2.08. The Morgan fingerprint density at radius 3 is 2.42 bits per heavy atom. The molecule has 0 radical (unpaired) electrons. The molecule has 1 rings (SSSR count). The van der Waals surface area contributed by atoms with Crippen molar-refractivity contribution < 1.29 is 14.6 Å². The first-order valence-electron chi connectivity index (χ1n) is 6.11. The van der Waals surface area contributed by atoms with Crippen molar-refractivity contribution in [3.05, 3.63) is 46.0 Å². The molecule has 0 spiro atoms. The Bertz CT molecular complexity index is 552. The quantitative estimate of drug-likeness (QED) is 0.663. The maximum Gasteiger partial charge on any atom is 0.328 e. The van der Waals surface area contributed by atoms with E-state index in [1.54, 1.807) is 14.0 Å². The lowest BCUT2D eigenvalue weighted by atomic mass is 9.96.